The summed E-state index contributed by atoms with van der Waals surface area (Å²) in [5, 5.41) is 12.8. The van der Waals surface area contributed by atoms with Gasteiger partial charge in [0, 0.05) is 17.0 Å². The van der Waals surface area contributed by atoms with Gasteiger partial charge in [0.2, 0.25) is 5.88 Å². The van der Waals surface area contributed by atoms with Crippen molar-refractivity contribution in [2.45, 2.75) is 26.7 Å². The summed E-state index contributed by atoms with van der Waals surface area (Å²) in [6.07, 6.45) is 2.09. The Morgan fingerprint density at radius 3 is 2.86 bits per heavy atom. The van der Waals surface area contributed by atoms with Gasteiger partial charge in [0.1, 0.15) is 0 Å². The standard InChI is InChI=1S/C16H21N3O2/c1-11(2)6-5-9-21-15-10-13(16(17)19-20)12-7-3-4-8-14(12)18-15/h3-4,7-8,10-11,20H,5-6,9H2,1-2H3,(H2,17,19). The van der Waals surface area contributed by atoms with Crippen LogP contribution in [0.2, 0.25) is 0 Å². The number of fused-ring (bicyclic) bond motifs is 1. The molecule has 112 valence electrons. The van der Waals surface area contributed by atoms with Crippen molar-refractivity contribution in [2.75, 3.05) is 6.61 Å². The summed E-state index contributed by atoms with van der Waals surface area (Å²) in [6.45, 7) is 4.98. The summed E-state index contributed by atoms with van der Waals surface area (Å²) in [6, 6.07) is 9.27. The van der Waals surface area contributed by atoms with Gasteiger partial charge in [-0.15, -0.1) is 0 Å². The molecule has 0 saturated heterocycles. The van der Waals surface area contributed by atoms with E-state index in [9.17, 15) is 0 Å². The van der Waals surface area contributed by atoms with Gasteiger partial charge < -0.3 is 15.7 Å². The molecule has 2 aromatic rings. The van der Waals surface area contributed by atoms with E-state index in [2.05, 4.69) is 24.0 Å². The fraction of sp³-hybridized carbons (Fsp3) is 0.375. The van der Waals surface area contributed by atoms with E-state index >= 15 is 0 Å². The minimum absolute atomic E-state index is 0.0561. The average Bonchev–Trinajstić information content (AvgIpc) is 2.49. The lowest BCUT2D eigenvalue weighted by Gasteiger charge is -2.10. The van der Waals surface area contributed by atoms with Gasteiger partial charge >= 0.3 is 0 Å². The molecule has 0 bridgehead atoms. The molecule has 5 heteroatoms. The van der Waals surface area contributed by atoms with Crippen molar-refractivity contribution in [3.8, 4) is 5.88 Å². The van der Waals surface area contributed by atoms with Crippen LogP contribution in [0.1, 0.15) is 32.3 Å². The van der Waals surface area contributed by atoms with Crippen molar-refractivity contribution >= 4 is 16.7 Å². The van der Waals surface area contributed by atoms with Gasteiger partial charge in [0.25, 0.3) is 0 Å². The topological polar surface area (TPSA) is 80.7 Å². The SMILES string of the molecule is CC(C)CCCOc1cc(C(N)=NO)c2ccccc2n1. The Kier molecular flexibility index (Phi) is 4.98. The van der Waals surface area contributed by atoms with Crippen LogP contribution in [0, 0.1) is 5.92 Å². The van der Waals surface area contributed by atoms with E-state index in [4.69, 9.17) is 15.7 Å². The van der Waals surface area contributed by atoms with Crippen LogP contribution in [0.15, 0.2) is 35.5 Å². The number of amidine groups is 1. The number of para-hydroxylation sites is 1. The number of hydrogen-bond acceptors (Lipinski definition) is 4. The van der Waals surface area contributed by atoms with Crippen molar-refractivity contribution in [1.82, 2.24) is 4.98 Å². The van der Waals surface area contributed by atoms with Crippen molar-refractivity contribution in [1.29, 1.82) is 0 Å². The molecule has 0 saturated carbocycles. The first-order chi connectivity index (χ1) is 10.1. The molecule has 0 aliphatic heterocycles. The predicted octanol–water partition coefficient (Wildman–Crippen LogP) is 3.14. The van der Waals surface area contributed by atoms with Gasteiger partial charge in [-0.3, -0.25) is 0 Å². The molecule has 0 atom stereocenters. The molecule has 1 aromatic heterocycles. The summed E-state index contributed by atoms with van der Waals surface area (Å²) in [5.74, 6) is 1.21. The Bertz CT molecular complexity index is 638. The van der Waals surface area contributed by atoms with Crippen molar-refractivity contribution in [2.24, 2.45) is 16.8 Å². The van der Waals surface area contributed by atoms with Crippen LogP contribution < -0.4 is 10.5 Å². The Morgan fingerprint density at radius 1 is 1.38 bits per heavy atom. The minimum Gasteiger partial charge on any atom is -0.478 e. The smallest absolute Gasteiger partial charge is 0.214 e. The van der Waals surface area contributed by atoms with Crippen LogP contribution >= 0.6 is 0 Å². The maximum Gasteiger partial charge on any atom is 0.214 e. The number of nitrogens with zero attached hydrogens (tertiary/aromatic N) is 2. The molecule has 21 heavy (non-hydrogen) atoms. The molecule has 0 fully saturated rings. The van der Waals surface area contributed by atoms with Crippen LogP contribution in [0.5, 0.6) is 5.88 Å². The van der Waals surface area contributed by atoms with Crippen LogP contribution in [-0.2, 0) is 0 Å². The monoisotopic (exact) mass is 287 g/mol. The van der Waals surface area contributed by atoms with E-state index in [1.54, 1.807) is 6.07 Å². The quantitative estimate of drug-likeness (QED) is 0.281. The molecule has 1 aromatic carbocycles. The highest BCUT2D eigenvalue weighted by molar-refractivity contribution is 6.08. The molecule has 0 amide bonds. The lowest BCUT2D eigenvalue weighted by molar-refractivity contribution is 0.288. The maximum absolute atomic E-state index is 8.92. The van der Waals surface area contributed by atoms with E-state index in [-0.39, 0.29) is 5.84 Å². The molecule has 0 aliphatic rings. The zero-order valence-electron chi connectivity index (χ0n) is 12.4. The fourth-order valence-electron chi connectivity index (χ4n) is 2.16. The van der Waals surface area contributed by atoms with Crippen molar-refractivity contribution in [3.63, 3.8) is 0 Å². The van der Waals surface area contributed by atoms with Gasteiger partial charge in [0.15, 0.2) is 5.84 Å². The molecule has 0 radical (unpaired) electrons. The molecular weight excluding hydrogens is 266 g/mol. The van der Waals surface area contributed by atoms with Crippen LogP contribution in [0.4, 0.5) is 0 Å². The summed E-state index contributed by atoms with van der Waals surface area (Å²) in [7, 11) is 0. The van der Waals surface area contributed by atoms with Crippen molar-refractivity contribution < 1.29 is 9.94 Å². The number of benzene rings is 1. The normalized spacial score (nSPS) is 12.0. The van der Waals surface area contributed by atoms with E-state index in [0.717, 1.165) is 23.7 Å². The Hall–Kier alpha value is -2.30. The zero-order chi connectivity index (χ0) is 15.2. The molecule has 0 spiro atoms. The van der Waals surface area contributed by atoms with E-state index in [1.165, 1.54) is 0 Å². The van der Waals surface area contributed by atoms with Gasteiger partial charge in [-0.05, 0) is 24.8 Å². The maximum atomic E-state index is 8.92. The first kappa shape index (κ1) is 15.1. The average molecular weight is 287 g/mol. The summed E-state index contributed by atoms with van der Waals surface area (Å²) in [4.78, 5) is 4.45. The number of oxime groups is 1. The first-order valence-electron chi connectivity index (χ1n) is 7.12. The second kappa shape index (κ2) is 6.92. The highest BCUT2D eigenvalue weighted by Crippen LogP contribution is 2.22. The summed E-state index contributed by atoms with van der Waals surface area (Å²) < 4.78 is 5.70. The Balaban J connectivity index is 2.25. The summed E-state index contributed by atoms with van der Waals surface area (Å²) in [5.41, 5.74) is 7.13. The lowest BCUT2D eigenvalue weighted by Crippen LogP contribution is -2.14. The number of pyridine rings is 1. The molecule has 3 N–H and O–H groups in total. The second-order valence-corrected chi connectivity index (χ2v) is 5.39. The second-order valence-electron chi connectivity index (χ2n) is 5.39. The minimum atomic E-state index is 0.0561. The highest BCUT2D eigenvalue weighted by Gasteiger charge is 2.10. The van der Waals surface area contributed by atoms with Gasteiger partial charge in [-0.1, -0.05) is 37.2 Å². The molecule has 0 aliphatic carbocycles. The van der Waals surface area contributed by atoms with Gasteiger partial charge in [-0.2, -0.15) is 0 Å². The number of hydrogen-bond donors (Lipinski definition) is 2. The molecule has 5 nitrogen and oxygen atoms in total. The van der Waals surface area contributed by atoms with Crippen LogP contribution in [-0.4, -0.2) is 22.6 Å². The predicted molar refractivity (Wildman–Crippen MR) is 83.8 cm³/mol. The van der Waals surface area contributed by atoms with E-state index in [0.29, 0.717) is 24.0 Å². The molecule has 1 heterocycles. The third-order valence-corrected chi connectivity index (χ3v) is 3.25. The summed E-state index contributed by atoms with van der Waals surface area (Å²) >= 11 is 0. The molecule has 2 rings (SSSR count). The first-order valence-corrected chi connectivity index (χ1v) is 7.12. The van der Waals surface area contributed by atoms with Gasteiger partial charge in [0.05, 0.1) is 12.1 Å². The third-order valence-electron chi connectivity index (χ3n) is 3.25. The van der Waals surface area contributed by atoms with Crippen LogP contribution in [0.25, 0.3) is 10.9 Å². The van der Waals surface area contributed by atoms with Crippen LogP contribution in [0.3, 0.4) is 0 Å². The molecule has 0 unspecified atom stereocenters. The largest absolute Gasteiger partial charge is 0.478 e. The number of nitrogens with two attached hydrogens (primary N) is 1. The Labute approximate surface area is 124 Å². The Morgan fingerprint density at radius 2 is 2.14 bits per heavy atom. The lowest BCUT2D eigenvalue weighted by atomic mass is 10.1. The molecular formula is C16H21N3O2. The van der Waals surface area contributed by atoms with E-state index < -0.39 is 0 Å². The third kappa shape index (κ3) is 3.84. The van der Waals surface area contributed by atoms with Crippen molar-refractivity contribution in [3.05, 3.63) is 35.9 Å². The van der Waals surface area contributed by atoms with Gasteiger partial charge in [-0.25, -0.2) is 4.98 Å². The fourth-order valence-corrected chi connectivity index (χ4v) is 2.16. The number of rotatable bonds is 6. The number of ether oxygens (including phenoxy) is 1. The zero-order valence-corrected chi connectivity index (χ0v) is 12.4. The van der Waals surface area contributed by atoms with E-state index in [1.807, 2.05) is 24.3 Å². The number of aromatic nitrogens is 1. The highest BCUT2D eigenvalue weighted by atomic mass is 16.5.